The minimum absolute atomic E-state index is 0. The molecule has 0 bridgehead atoms. The van der Waals surface area contributed by atoms with Crippen molar-refractivity contribution in [3.05, 3.63) is 57.4 Å². The van der Waals surface area contributed by atoms with Gasteiger partial charge in [0.2, 0.25) is 5.91 Å². The first kappa shape index (κ1) is 32.1. The number of ketones is 1. The second kappa shape index (κ2) is 13.2. The van der Waals surface area contributed by atoms with Crippen LogP contribution in [0, 0.1) is 12.3 Å². The van der Waals surface area contributed by atoms with Gasteiger partial charge in [0, 0.05) is 60.6 Å². The van der Waals surface area contributed by atoms with Crippen molar-refractivity contribution >= 4 is 34.5 Å². The van der Waals surface area contributed by atoms with Gasteiger partial charge in [0.05, 0.1) is 13.2 Å². The first-order valence-electron chi connectivity index (χ1n) is 14.7. The molecule has 0 aliphatic carbocycles. The van der Waals surface area contributed by atoms with Crippen LogP contribution in [0.3, 0.4) is 0 Å². The van der Waals surface area contributed by atoms with Crippen molar-refractivity contribution in [3.63, 3.8) is 0 Å². The smallest absolute Gasteiger partial charge is 0.222 e. The van der Waals surface area contributed by atoms with Crippen LogP contribution in [0.25, 0.3) is 0 Å². The third-order valence-corrected chi connectivity index (χ3v) is 8.30. The van der Waals surface area contributed by atoms with Crippen LogP contribution in [-0.2, 0) is 39.4 Å². The summed E-state index contributed by atoms with van der Waals surface area (Å²) in [7, 11) is 0. The Morgan fingerprint density at radius 3 is 2.62 bits per heavy atom. The van der Waals surface area contributed by atoms with Gasteiger partial charge in [-0.15, -0.1) is 17.0 Å². The Morgan fingerprint density at radius 1 is 1.14 bits per heavy atom. The number of amidine groups is 1. The number of carbonyl (C=O) groups excluding carboxylic acids is 2. The molecule has 3 aliphatic rings. The van der Waals surface area contributed by atoms with E-state index in [1.54, 1.807) is 21.9 Å². The molecule has 228 valence electrons. The Morgan fingerprint density at radius 2 is 1.93 bits per heavy atom. The van der Waals surface area contributed by atoms with Gasteiger partial charge in [0.15, 0.2) is 12.1 Å². The number of benzene rings is 1. The fourth-order valence-electron chi connectivity index (χ4n) is 5.81. The highest BCUT2D eigenvalue weighted by Gasteiger charge is 2.31. The Bertz CT molecular complexity index is 1350. The first-order valence-corrected chi connectivity index (χ1v) is 14.7. The van der Waals surface area contributed by atoms with Crippen LogP contribution in [-0.4, -0.2) is 63.4 Å². The predicted octanol–water partition coefficient (Wildman–Crippen LogP) is 5.55. The van der Waals surface area contributed by atoms with Gasteiger partial charge in [-0.3, -0.25) is 15.0 Å². The maximum atomic E-state index is 13.7. The molecule has 0 saturated carbocycles. The number of amides is 1. The number of carbonyl (C=O) groups is 2. The van der Waals surface area contributed by atoms with Crippen molar-refractivity contribution in [1.29, 1.82) is 5.41 Å². The SMILES string of the molecule is Br.Cc1nc2c(cc1COC1CCCCO1)CN(CC(=O)c1cc(CN3CCCCC3=O)c(O)c(C(C)(C)C)c1)C2=N. The third kappa shape index (κ3) is 7.03. The van der Waals surface area contributed by atoms with Gasteiger partial charge < -0.3 is 24.4 Å². The lowest BCUT2D eigenvalue weighted by Crippen LogP contribution is -2.35. The number of halogens is 1. The van der Waals surface area contributed by atoms with E-state index in [4.69, 9.17) is 19.9 Å². The molecule has 3 aliphatic heterocycles. The molecule has 5 rings (SSSR count). The topological polar surface area (TPSA) is 116 Å². The van der Waals surface area contributed by atoms with Gasteiger partial charge in [-0.2, -0.15) is 0 Å². The number of piperidine rings is 1. The minimum atomic E-state index is -0.403. The lowest BCUT2D eigenvalue weighted by atomic mass is 9.83. The van der Waals surface area contributed by atoms with Crippen molar-refractivity contribution in [2.24, 2.45) is 0 Å². The molecule has 0 spiro atoms. The number of likely N-dealkylation sites (tertiary alicyclic amines) is 1. The molecule has 10 heteroatoms. The second-order valence-electron chi connectivity index (χ2n) is 12.5. The van der Waals surface area contributed by atoms with Crippen molar-refractivity contribution < 1.29 is 24.2 Å². The molecule has 0 radical (unpaired) electrons. The summed E-state index contributed by atoms with van der Waals surface area (Å²) in [6, 6.07) is 5.51. The van der Waals surface area contributed by atoms with E-state index in [-0.39, 0.29) is 59.6 Å². The van der Waals surface area contributed by atoms with Gasteiger partial charge in [-0.1, -0.05) is 20.8 Å². The Kier molecular flexibility index (Phi) is 10.1. The molecule has 42 heavy (non-hydrogen) atoms. The van der Waals surface area contributed by atoms with Crippen LogP contribution in [0.1, 0.15) is 103 Å². The summed E-state index contributed by atoms with van der Waals surface area (Å²) >= 11 is 0. The number of aromatic hydroxyl groups is 1. The monoisotopic (exact) mass is 642 g/mol. The first-order chi connectivity index (χ1) is 19.5. The van der Waals surface area contributed by atoms with Gasteiger partial charge in [-0.25, -0.2) is 4.98 Å². The number of aromatic nitrogens is 1. The van der Waals surface area contributed by atoms with Crippen molar-refractivity contribution in [2.45, 2.75) is 97.6 Å². The number of hydrogen-bond donors (Lipinski definition) is 2. The molecule has 9 nitrogen and oxygen atoms in total. The zero-order chi connectivity index (χ0) is 29.3. The zero-order valence-corrected chi connectivity index (χ0v) is 26.8. The lowest BCUT2D eigenvalue weighted by molar-refractivity contribution is -0.169. The zero-order valence-electron chi connectivity index (χ0n) is 25.1. The number of rotatable bonds is 8. The maximum absolute atomic E-state index is 13.7. The van der Waals surface area contributed by atoms with Crippen LogP contribution < -0.4 is 0 Å². The molecular formula is C32H43BrN4O5. The highest BCUT2D eigenvalue weighted by molar-refractivity contribution is 8.93. The minimum Gasteiger partial charge on any atom is -0.507 e. The predicted molar refractivity (Wildman–Crippen MR) is 165 cm³/mol. The Labute approximate surface area is 258 Å². The molecule has 2 N–H and O–H groups in total. The fourth-order valence-corrected chi connectivity index (χ4v) is 5.81. The van der Waals surface area contributed by atoms with E-state index in [1.807, 2.05) is 33.8 Å². The fraction of sp³-hybridized carbons (Fsp3) is 0.562. The number of hydrogen-bond acceptors (Lipinski definition) is 7. The number of pyridine rings is 1. The number of nitrogens with zero attached hydrogens (tertiary/aromatic N) is 3. The van der Waals surface area contributed by atoms with Crippen molar-refractivity contribution in [2.75, 3.05) is 19.7 Å². The molecule has 1 aromatic heterocycles. The highest BCUT2D eigenvalue weighted by atomic mass is 79.9. The number of ether oxygens (including phenoxy) is 2. The largest absolute Gasteiger partial charge is 0.507 e. The van der Waals surface area contributed by atoms with Crippen LogP contribution in [0.15, 0.2) is 18.2 Å². The molecule has 2 aromatic rings. The molecule has 1 aromatic carbocycles. The summed E-state index contributed by atoms with van der Waals surface area (Å²) in [5.41, 5.74) is 4.60. The van der Waals surface area contributed by atoms with Crippen LogP contribution in [0.5, 0.6) is 5.75 Å². The van der Waals surface area contributed by atoms with Gasteiger partial charge in [-0.05, 0) is 68.2 Å². The summed E-state index contributed by atoms with van der Waals surface area (Å²) in [5.74, 6) is 0.302. The van der Waals surface area contributed by atoms with Gasteiger partial charge in [0.25, 0.3) is 0 Å². The van der Waals surface area contributed by atoms with Crippen LogP contribution >= 0.6 is 17.0 Å². The summed E-state index contributed by atoms with van der Waals surface area (Å²) < 4.78 is 11.7. The molecule has 1 atom stereocenters. The summed E-state index contributed by atoms with van der Waals surface area (Å²) in [6.07, 6.45) is 5.20. The van der Waals surface area contributed by atoms with Gasteiger partial charge in [0.1, 0.15) is 17.3 Å². The van der Waals surface area contributed by atoms with Gasteiger partial charge >= 0.3 is 0 Å². The molecular weight excluding hydrogens is 600 g/mol. The number of nitrogens with one attached hydrogen (secondary N) is 1. The van der Waals surface area contributed by atoms with Crippen LogP contribution in [0.2, 0.25) is 0 Å². The molecule has 1 amide bonds. The van der Waals surface area contributed by atoms with E-state index in [9.17, 15) is 14.7 Å². The van der Waals surface area contributed by atoms with Crippen LogP contribution in [0.4, 0.5) is 0 Å². The highest BCUT2D eigenvalue weighted by Crippen LogP contribution is 2.36. The number of phenols is 1. The normalized spacial score (nSPS) is 19.1. The van der Waals surface area contributed by atoms with E-state index < -0.39 is 5.41 Å². The molecule has 1 unspecified atom stereocenters. The summed E-state index contributed by atoms with van der Waals surface area (Å²) in [6.45, 7) is 10.4. The number of aryl methyl sites for hydroxylation is 1. The Hall–Kier alpha value is -2.82. The number of Topliss-reactive ketones (excluding diaryl/α,β-unsaturated/α-hetero) is 1. The Balaban J connectivity index is 0.00000405. The number of fused-ring (bicyclic) bond motifs is 1. The third-order valence-electron chi connectivity index (χ3n) is 8.30. The molecule has 2 saturated heterocycles. The quantitative estimate of drug-likeness (QED) is 0.363. The van der Waals surface area contributed by atoms with Crippen molar-refractivity contribution in [3.8, 4) is 5.75 Å². The summed E-state index contributed by atoms with van der Waals surface area (Å²) in [5, 5.41) is 19.9. The van der Waals surface area contributed by atoms with E-state index in [0.29, 0.717) is 48.5 Å². The van der Waals surface area contributed by atoms with E-state index in [2.05, 4.69) is 0 Å². The molecule has 2 fully saturated rings. The number of phenolic OH excluding ortho intramolecular Hbond substituents is 1. The van der Waals surface area contributed by atoms with E-state index in [0.717, 1.165) is 55.5 Å². The van der Waals surface area contributed by atoms with E-state index in [1.165, 1.54) is 0 Å². The average molecular weight is 644 g/mol. The lowest BCUT2D eigenvalue weighted by Gasteiger charge is -2.29. The standard InChI is InChI=1S/C32H42N4O5.BrH/c1-20-24(19-41-28-10-6-8-12-40-28)14-22-16-36(31(33)29(22)34-20)18-26(37)21-13-23(17-35-11-7-5-9-27(35)38)30(39)25(15-21)32(2,3)4;/h13-15,28,33,39H,5-12,16-19H2,1-4H3;1H. The maximum Gasteiger partial charge on any atom is 0.222 e. The summed E-state index contributed by atoms with van der Waals surface area (Å²) in [4.78, 5) is 34.3. The molecule has 4 heterocycles. The average Bonchev–Trinajstić information content (AvgIpc) is 3.23. The second-order valence-corrected chi connectivity index (χ2v) is 12.5. The van der Waals surface area contributed by atoms with Crippen molar-refractivity contribution in [1.82, 2.24) is 14.8 Å². The van der Waals surface area contributed by atoms with E-state index >= 15 is 0 Å².